The van der Waals surface area contributed by atoms with Gasteiger partial charge in [-0.3, -0.25) is 4.72 Å². The molecule has 0 atom stereocenters. The van der Waals surface area contributed by atoms with E-state index < -0.39 is 10.0 Å². The van der Waals surface area contributed by atoms with Crippen molar-refractivity contribution in [2.24, 2.45) is 0 Å². The van der Waals surface area contributed by atoms with Crippen LogP contribution in [0.25, 0.3) is 11.3 Å². The molecule has 0 amide bonds. The molecule has 0 aliphatic heterocycles. The molecule has 0 unspecified atom stereocenters. The Kier molecular flexibility index (Phi) is 5.44. The minimum atomic E-state index is -3.84. The van der Waals surface area contributed by atoms with Crippen LogP contribution in [0.15, 0.2) is 59.5 Å². The largest absolute Gasteiger partial charge is 0.263 e. The van der Waals surface area contributed by atoms with E-state index in [-0.39, 0.29) is 10.7 Å². The SMILES string of the molecule is Cc1c(Cl)cccc1S(=O)(=O)Nc1cccc(-c2cc(Cl)ccc2Cl)n1. The lowest BCUT2D eigenvalue weighted by Crippen LogP contribution is -2.15. The molecule has 0 saturated heterocycles. The van der Waals surface area contributed by atoms with Crippen LogP contribution >= 0.6 is 34.8 Å². The normalized spacial score (nSPS) is 11.4. The van der Waals surface area contributed by atoms with Gasteiger partial charge >= 0.3 is 0 Å². The van der Waals surface area contributed by atoms with Crippen LogP contribution in [0.5, 0.6) is 0 Å². The van der Waals surface area contributed by atoms with Gasteiger partial charge < -0.3 is 0 Å². The van der Waals surface area contributed by atoms with Crippen LogP contribution in [-0.4, -0.2) is 13.4 Å². The first kappa shape index (κ1) is 19.0. The highest BCUT2D eigenvalue weighted by Crippen LogP contribution is 2.30. The van der Waals surface area contributed by atoms with Gasteiger partial charge in [-0.15, -0.1) is 0 Å². The summed E-state index contributed by atoms with van der Waals surface area (Å²) >= 11 is 18.2. The second kappa shape index (κ2) is 7.45. The molecule has 8 heteroatoms. The molecule has 0 aliphatic rings. The molecular weight excluding hydrogens is 415 g/mol. The van der Waals surface area contributed by atoms with Crippen molar-refractivity contribution >= 4 is 50.6 Å². The Morgan fingerprint density at radius 3 is 2.42 bits per heavy atom. The molecule has 1 heterocycles. The third-order valence-electron chi connectivity index (χ3n) is 3.70. The lowest BCUT2D eigenvalue weighted by molar-refractivity contribution is 0.600. The summed E-state index contributed by atoms with van der Waals surface area (Å²) in [6.45, 7) is 1.65. The van der Waals surface area contributed by atoms with Gasteiger partial charge in [0.2, 0.25) is 0 Å². The molecule has 0 bridgehead atoms. The Morgan fingerprint density at radius 2 is 1.65 bits per heavy atom. The zero-order valence-electron chi connectivity index (χ0n) is 13.5. The third kappa shape index (κ3) is 3.96. The van der Waals surface area contributed by atoms with Crippen LogP contribution in [0.2, 0.25) is 15.1 Å². The van der Waals surface area contributed by atoms with E-state index in [1.807, 2.05) is 0 Å². The van der Waals surface area contributed by atoms with Gasteiger partial charge in [0, 0.05) is 15.6 Å². The van der Waals surface area contributed by atoms with Gasteiger partial charge in [-0.25, -0.2) is 13.4 Å². The lowest BCUT2D eigenvalue weighted by atomic mass is 10.1. The molecule has 3 aromatic rings. The minimum absolute atomic E-state index is 0.0954. The smallest absolute Gasteiger partial charge is 0.263 e. The fourth-order valence-corrected chi connectivity index (χ4v) is 4.29. The first-order valence-corrected chi connectivity index (χ1v) is 10.1. The second-order valence-corrected chi connectivity index (χ2v) is 8.40. The molecule has 4 nitrogen and oxygen atoms in total. The Labute approximate surface area is 166 Å². The molecule has 2 aromatic carbocycles. The molecule has 0 fully saturated rings. The van der Waals surface area contributed by atoms with Gasteiger partial charge in [0.1, 0.15) is 5.82 Å². The number of hydrogen-bond donors (Lipinski definition) is 1. The van der Waals surface area contributed by atoms with Crippen molar-refractivity contribution in [1.82, 2.24) is 4.98 Å². The van der Waals surface area contributed by atoms with E-state index in [2.05, 4.69) is 9.71 Å². The van der Waals surface area contributed by atoms with Crippen molar-refractivity contribution in [1.29, 1.82) is 0 Å². The van der Waals surface area contributed by atoms with Crippen molar-refractivity contribution in [3.63, 3.8) is 0 Å². The molecule has 0 saturated carbocycles. The maximum Gasteiger partial charge on any atom is 0.263 e. The number of rotatable bonds is 4. The maximum atomic E-state index is 12.7. The quantitative estimate of drug-likeness (QED) is 0.571. The number of sulfonamides is 1. The third-order valence-corrected chi connectivity index (χ3v) is 6.17. The molecule has 0 radical (unpaired) electrons. The van der Waals surface area contributed by atoms with Crippen LogP contribution in [0.3, 0.4) is 0 Å². The number of hydrogen-bond acceptors (Lipinski definition) is 3. The summed E-state index contributed by atoms with van der Waals surface area (Å²) in [4.78, 5) is 4.44. The van der Waals surface area contributed by atoms with Crippen LogP contribution in [0.4, 0.5) is 5.82 Å². The Balaban J connectivity index is 1.99. The number of nitrogens with one attached hydrogen (secondary N) is 1. The molecule has 0 spiro atoms. The highest BCUT2D eigenvalue weighted by molar-refractivity contribution is 7.92. The zero-order valence-corrected chi connectivity index (χ0v) is 16.6. The van der Waals surface area contributed by atoms with Gasteiger partial charge in [0.15, 0.2) is 0 Å². The van der Waals surface area contributed by atoms with E-state index in [0.29, 0.717) is 31.9 Å². The van der Waals surface area contributed by atoms with Crippen LogP contribution in [-0.2, 0) is 10.0 Å². The Bertz CT molecular complexity index is 1090. The van der Waals surface area contributed by atoms with Gasteiger partial charge in [-0.1, -0.05) is 46.9 Å². The number of aromatic nitrogens is 1. The van der Waals surface area contributed by atoms with E-state index in [1.54, 1.807) is 55.5 Å². The summed E-state index contributed by atoms with van der Waals surface area (Å²) in [5, 5.41) is 1.35. The molecule has 0 aliphatic carbocycles. The van der Waals surface area contributed by atoms with Crippen LogP contribution in [0, 0.1) is 6.92 Å². The van der Waals surface area contributed by atoms with E-state index in [0.717, 1.165) is 0 Å². The van der Waals surface area contributed by atoms with E-state index in [4.69, 9.17) is 34.8 Å². The number of benzene rings is 2. The summed E-state index contributed by atoms with van der Waals surface area (Å²) < 4.78 is 27.8. The number of nitrogens with zero attached hydrogens (tertiary/aromatic N) is 1. The first-order chi connectivity index (χ1) is 12.3. The minimum Gasteiger partial charge on any atom is -0.263 e. The van der Waals surface area contributed by atoms with Gasteiger partial charge in [0.05, 0.1) is 15.6 Å². The highest BCUT2D eigenvalue weighted by Gasteiger charge is 2.19. The average molecular weight is 428 g/mol. The molecule has 134 valence electrons. The van der Waals surface area contributed by atoms with Crippen LogP contribution in [0.1, 0.15) is 5.56 Å². The Hall–Kier alpha value is -1.79. The fourth-order valence-electron chi connectivity index (χ4n) is 2.41. The zero-order chi connectivity index (χ0) is 18.9. The molecular formula is C18H13Cl3N2O2S. The molecule has 1 aromatic heterocycles. The van der Waals surface area contributed by atoms with Gasteiger partial charge in [0.25, 0.3) is 10.0 Å². The van der Waals surface area contributed by atoms with Gasteiger partial charge in [-0.05, 0) is 55.0 Å². The van der Waals surface area contributed by atoms with Gasteiger partial charge in [-0.2, -0.15) is 0 Å². The number of pyridine rings is 1. The monoisotopic (exact) mass is 426 g/mol. The lowest BCUT2D eigenvalue weighted by Gasteiger charge is -2.12. The first-order valence-electron chi connectivity index (χ1n) is 7.48. The van der Waals surface area contributed by atoms with Crippen LogP contribution < -0.4 is 4.72 Å². The molecule has 1 N–H and O–H groups in total. The topological polar surface area (TPSA) is 59.1 Å². The van der Waals surface area contributed by atoms with E-state index >= 15 is 0 Å². The van der Waals surface area contributed by atoms with Crippen molar-refractivity contribution < 1.29 is 8.42 Å². The van der Waals surface area contributed by atoms with Crippen molar-refractivity contribution in [3.05, 3.63) is 75.2 Å². The molecule has 3 rings (SSSR count). The predicted octanol–water partition coefficient (Wildman–Crippen LogP) is 5.82. The second-order valence-electron chi connectivity index (χ2n) is 5.50. The van der Waals surface area contributed by atoms with E-state index in [1.165, 1.54) is 6.07 Å². The predicted molar refractivity (Wildman–Crippen MR) is 107 cm³/mol. The summed E-state index contributed by atoms with van der Waals surface area (Å²) in [6, 6.07) is 14.7. The Morgan fingerprint density at radius 1 is 0.923 bits per heavy atom. The van der Waals surface area contributed by atoms with Crippen molar-refractivity contribution in [3.8, 4) is 11.3 Å². The number of anilines is 1. The summed E-state index contributed by atoms with van der Waals surface area (Å²) in [7, 11) is -3.84. The van der Waals surface area contributed by atoms with Crippen molar-refractivity contribution in [2.45, 2.75) is 11.8 Å². The van der Waals surface area contributed by atoms with Crippen molar-refractivity contribution in [2.75, 3.05) is 4.72 Å². The summed E-state index contributed by atoms with van der Waals surface area (Å²) in [5.74, 6) is 0.165. The highest BCUT2D eigenvalue weighted by atomic mass is 35.5. The number of halogens is 3. The standard InChI is InChI=1S/C18H13Cl3N2O2S/c1-11-14(20)4-2-6-17(11)26(24,25)23-18-7-3-5-16(22-18)13-10-12(19)8-9-15(13)21/h2-10H,1H3,(H,22,23). The van der Waals surface area contributed by atoms with E-state index in [9.17, 15) is 8.42 Å². The fraction of sp³-hybridized carbons (Fsp3) is 0.0556. The average Bonchev–Trinajstić information content (AvgIpc) is 2.59. The molecule has 26 heavy (non-hydrogen) atoms. The maximum absolute atomic E-state index is 12.7. The summed E-state index contributed by atoms with van der Waals surface area (Å²) in [6.07, 6.45) is 0. The summed E-state index contributed by atoms with van der Waals surface area (Å²) in [5.41, 5.74) is 1.58.